The van der Waals surface area contributed by atoms with Gasteiger partial charge in [-0.1, -0.05) is 6.92 Å². The van der Waals surface area contributed by atoms with Crippen molar-refractivity contribution in [3.63, 3.8) is 0 Å². The lowest BCUT2D eigenvalue weighted by Gasteiger charge is -2.32. The van der Waals surface area contributed by atoms with Crippen LogP contribution in [-0.2, 0) is 10.0 Å². The number of aromatic carboxylic acids is 1. The van der Waals surface area contributed by atoms with Crippen molar-refractivity contribution in [1.29, 1.82) is 0 Å². The van der Waals surface area contributed by atoms with E-state index in [2.05, 4.69) is 16.5 Å². The molecule has 1 atom stereocenters. The van der Waals surface area contributed by atoms with Crippen LogP contribution < -0.4 is 4.72 Å². The van der Waals surface area contributed by atoms with Crippen molar-refractivity contribution in [3.05, 3.63) is 15.8 Å². The molecular weight excluding hydrogens is 312 g/mol. The third-order valence-corrected chi connectivity index (χ3v) is 6.46. The first kappa shape index (κ1) is 16.4. The zero-order valence-electron chi connectivity index (χ0n) is 12.1. The highest BCUT2D eigenvalue weighted by Crippen LogP contribution is 2.26. The fourth-order valence-electron chi connectivity index (χ4n) is 2.56. The smallest absolute Gasteiger partial charge is 0.345 e. The van der Waals surface area contributed by atoms with Gasteiger partial charge in [-0.2, -0.15) is 0 Å². The van der Waals surface area contributed by atoms with Gasteiger partial charge in [-0.3, -0.25) is 0 Å². The molecule has 1 unspecified atom stereocenters. The summed E-state index contributed by atoms with van der Waals surface area (Å²) in [7, 11) is -3.66. The molecule has 1 fully saturated rings. The van der Waals surface area contributed by atoms with Gasteiger partial charge >= 0.3 is 5.97 Å². The molecule has 2 heterocycles. The largest absolute Gasteiger partial charge is 0.477 e. The molecule has 0 radical (unpaired) electrons. The quantitative estimate of drug-likeness (QED) is 0.854. The topological polar surface area (TPSA) is 86.7 Å². The van der Waals surface area contributed by atoms with Crippen LogP contribution in [0.4, 0.5) is 0 Å². The highest BCUT2D eigenvalue weighted by Gasteiger charge is 2.27. The molecule has 6 nitrogen and oxygen atoms in total. The average Bonchev–Trinajstić information content (AvgIpc) is 2.81. The number of carboxylic acid groups (broad SMARTS) is 1. The van der Waals surface area contributed by atoms with Crippen molar-refractivity contribution >= 4 is 27.3 Å². The molecular formula is C13H20N2O4S2. The number of rotatable bonds is 5. The summed E-state index contributed by atoms with van der Waals surface area (Å²) in [5, 5.41) is 8.96. The van der Waals surface area contributed by atoms with Gasteiger partial charge in [0, 0.05) is 17.5 Å². The lowest BCUT2D eigenvalue weighted by Crippen LogP contribution is -2.47. The van der Waals surface area contributed by atoms with Gasteiger partial charge in [-0.05, 0) is 38.9 Å². The third-order valence-electron chi connectivity index (χ3n) is 3.65. The number of thiophene rings is 1. The number of piperidine rings is 1. The zero-order chi connectivity index (χ0) is 15.6. The number of aryl methyl sites for hydroxylation is 1. The molecule has 0 bridgehead atoms. The normalized spacial score (nSPS) is 20.6. The fraction of sp³-hybridized carbons (Fsp3) is 0.615. The molecule has 118 valence electrons. The maximum Gasteiger partial charge on any atom is 0.345 e. The molecule has 1 aliphatic heterocycles. The van der Waals surface area contributed by atoms with Crippen molar-refractivity contribution in [2.75, 3.05) is 19.6 Å². The summed E-state index contributed by atoms with van der Waals surface area (Å²) in [6.45, 7) is 6.28. The number of carbonyl (C=O) groups is 1. The van der Waals surface area contributed by atoms with Gasteiger partial charge in [0.05, 0.1) is 4.90 Å². The lowest BCUT2D eigenvalue weighted by molar-refractivity contribution is 0.0702. The highest BCUT2D eigenvalue weighted by molar-refractivity contribution is 7.89. The van der Waals surface area contributed by atoms with E-state index >= 15 is 0 Å². The molecule has 1 aromatic rings. The summed E-state index contributed by atoms with van der Waals surface area (Å²) in [5.74, 6) is -1.10. The summed E-state index contributed by atoms with van der Waals surface area (Å²) >= 11 is 0.987. The van der Waals surface area contributed by atoms with E-state index in [4.69, 9.17) is 5.11 Å². The van der Waals surface area contributed by atoms with Gasteiger partial charge in [0.25, 0.3) is 0 Å². The summed E-state index contributed by atoms with van der Waals surface area (Å²) in [4.78, 5) is 13.8. The average molecular weight is 332 g/mol. The predicted molar refractivity (Wildman–Crippen MR) is 81.5 cm³/mol. The number of nitrogens with zero attached hydrogens (tertiary/aromatic N) is 1. The summed E-state index contributed by atoms with van der Waals surface area (Å²) in [6.07, 6.45) is 1.77. The second kappa shape index (κ2) is 6.43. The molecule has 8 heteroatoms. The van der Waals surface area contributed by atoms with E-state index in [1.54, 1.807) is 6.92 Å². The van der Waals surface area contributed by atoms with Crippen LogP contribution in [0, 0.1) is 6.92 Å². The van der Waals surface area contributed by atoms with E-state index in [0.717, 1.165) is 37.3 Å². The number of hydrogen-bond acceptors (Lipinski definition) is 5. The monoisotopic (exact) mass is 332 g/mol. The summed E-state index contributed by atoms with van der Waals surface area (Å²) in [6, 6.07) is 1.13. The van der Waals surface area contributed by atoms with E-state index in [1.807, 2.05) is 0 Å². The molecule has 0 amide bonds. The minimum absolute atomic E-state index is 0.0479. The van der Waals surface area contributed by atoms with E-state index in [1.165, 1.54) is 6.07 Å². The Balaban J connectivity index is 2.16. The van der Waals surface area contributed by atoms with Crippen LogP contribution in [0.2, 0.25) is 0 Å². The molecule has 21 heavy (non-hydrogen) atoms. The molecule has 0 aliphatic carbocycles. The first-order valence-electron chi connectivity index (χ1n) is 6.92. The number of carboxylic acids is 1. The van der Waals surface area contributed by atoms with E-state index in [-0.39, 0.29) is 15.8 Å². The Morgan fingerprint density at radius 3 is 2.86 bits per heavy atom. The highest BCUT2D eigenvalue weighted by atomic mass is 32.2. The van der Waals surface area contributed by atoms with Gasteiger partial charge < -0.3 is 10.0 Å². The fourth-order valence-corrected chi connectivity index (χ4v) is 5.25. The Kier molecular flexibility index (Phi) is 5.03. The molecule has 0 aromatic carbocycles. The van der Waals surface area contributed by atoms with Crippen LogP contribution in [0.3, 0.4) is 0 Å². The minimum Gasteiger partial charge on any atom is -0.477 e. The summed E-state index contributed by atoms with van der Waals surface area (Å²) < 4.78 is 27.6. The Hall–Kier alpha value is -0.960. The van der Waals surface area contributed by atoms with Crippen LogP contribution in [0.15, 0.2) is 11.0 Å². The minimum atomic E-state index is -3.66. The second-order valence-corrected chi connectivity index (χ2v) is 8.13. The first-order chi connectivity index (χ1) is 9.83. The van der Waals surface area contributed by atoms with Crippen LogP contribution in [-0.4, -0.2) is 50.1 Å². The van der Waals surface area contributed by atoms with Crippen molar-refractivity contribution in [1.82, 2.24) is 9.62 Å². The zero-order valence-corrected chi connectivity index (χ0v) is 13.8. The van der Waals surface area contributed by atoms with E-state index in [9.17, 15) is 13.2 Å². The number of sulfonamides is 1. The van der Waals surface area contributed by atoms with Crippen LogP contribution >= 0.6 is 11.3 Å². The van der Waals surface area contributed by atoms with Crippen molar-refractivity contribution in [3.8, 4) is 0 Å². The van der Waals surface area contributed by atoms with Crippen molar-refractivity contribution in [2.45, 2.75) is 37.6 Å². The molecule has 0 spiro atoms. The van der Waals surface area contributed by atoms with Crippen LogP contribution in [0.5, 0.6) is 0 Å². The van der Waals surface area contributed by atoms with Gasteiger partial charge in [0.15, 0.2) is 0 Å². The Bertz CT molecular complexity index is 624. The maximum absolute atomic E-state index is 12.4. The molecule has 2 rings (SSSR count). The van der Waals surface area contributed by atoms with Gasteiger partial charge in [-0.15, -0.1) is 11.3 Å². The molecule has 0 saturated carbocycles. The number of nitrogens with one attached hydrogen (secondary N) is 1. The molecule has 2 N–H and O–H groups in total. The van der Waals surface area contributed by atoms with Gasteiger partial charge in [0.1, 0.15) is 4.88 Å². The number of likely N-dealkylation sites (tertiary alicyclic amines) is 1. The Morgan fingerprint density at radius 1 is 1.57 bits per heavy atom. The standard InChI is InChI=1S/C13H20N2O4S2/c1-3-15-6-4-5-10(8-15)14-21(18,19)12-7-11(13(16)17)20-9(12)2/h7,10,14H,3-6,8H2,1-2H3,(H,16,17). The Morgan fingerprint density at radius 2 is 2.29 bits per heavy atom. The van der Waals surface area contributed by atoms with E-state index in [0.29, 0.717) is 11.4 Å². The van der Waals surface area contributed by atoms with Crippen molar-refractivity contribution in [2.24, 2.45) is 0 Å². The maximum atomic E-state index is 12.4. The van der Waals surface area contributed by atoms with Crippen molar-refractivity contribution < 1.29 is 18.3 Å². The second-order valence-electron chi connectivity index (χ2n) is 5.19. The van der Waals surface area contributed by atoms with Crippen LogP contribution in [0.1, 0.15) is 34.3 Å². The van der Waals surface area contributed by atoms with Gasteiger partial charge in [-0.25, -0.2) is 17.9 Å². The Labute approximate surface area is 128 Å². The summed E-state index contributed by atoms with van der Waals surface area (Å²) in [5.41, 5.74) is 0. The molecule has 1 saturated heterocycles. The predicted octanol–water partition coefficient (Wildman–Crippen LogP) is 1.52. The van der Waals surface area contributed by atoms with Gasteiger partial charge in [0.2, 0.25) is 10.0 Å². The van der Waals surface area contributed by atoms with E-state index < -0.39 is 16.0 Å². The third kappa shape index (κ3) is 3.82. The number of likely N-dealkylation sites (N-methyl/N-ethyl adjacent to an activating group) is 1. The van der Waals surface area contributed by atoms with Crippen LogP contribution in [0.25, 0.3) is 0 Å². The molecule has 1 aliphatic rings. The lowest BCUT2D eigenvalue weighted by atomic mass is 10.1. The first-order valence-corrected chi connectivity index (χ1v) is 9.22. The molecule has 1 aromatic heterocycles. The number of hydrogen-bond donors (Lipinski definition) is 2. The SMILES string of the molecule is CCN1CCCC(NS(=O)(=O)c2cc(C(=O)O)sc2C)C1.